The molecular weight excluding hydrogens is 644 g/mol. The summed E-state index contributed by atoms with van der Waals surface area (Å²) >= 11 is 0. The molecule has 0 aromatic heterocycles. The van der Waals surface area contributed by atoms with E-state index in [4.69, 9.17) is 0 Å². The summed E-state index contributed by atoms with van der Waals surface area (Å²) in [6, 6.07) is 13.1. The molecule has 0 amide bonds. The summed E-state index contributed by atoms with van der Waals surface area (Å²) in [7, 11) is 0. The zero-order valence-electron chi connectivity index (χ0n) is 27.1. The molecule has 0 aliphatic rings. The molecule has 0 atom stereocenters. The van der Waals surface area contributed by atoms with Gasteiger partial charge in [0, 0.05) is 16.7 Å². The first-order valence-corrected chi connectivity index (χ1v) is 15.9. The first-order valence-electron chi connectivity index (χ1n) is 15.9. The van der Waals surface area contributed by atoms with E-state index >= 15 is 22.0 Å². The zero-order chi connectivity index (χ0) is 35.4. The maximum atomic E-state index is 15.5. The summed E-state index contributed by atoms with van der Waals surface area (Å²) < 4.78 is 119. The molecule has 5 rings (SSSR count). The van der Waals surface area contributed by atoms with Crippen molar-refractivity contribution in [1.29, 1.82) is 0 Å². The van der Waals surface area contributed by atoms with Crippen molar-refractivity contribution in [3.8, 4) is 34.1 Å². The molecule has 49 heavy (non-hydrogen) atoms. The lowest BCUT2D eigenvalue weighted by Crippen LogP contribution is -2.00. The molecule has 0 fully saturated rings. The standard InChI is InChI=1S/C41H32F8/c1-4-6-24-8-10-26(35(44)14-24)11-9-25-15-36(45)31(37(46)16-25)13-12-28-18-38(47)32(17-27(28)7-5-2)29-19-39(48)41(40(49)20-29)30-21-33(42)23(3)34(43)22-30/h8,10,14-22H,4-7,9,11H2,1-3H3. The fourth-order valence-electron chi connectivity index (χ4n) is 5.76. The highest BCUT2D eigenvalue weighted by Crippen LogP contribution is 2.35. The van der Waals surface area contributed by atoms with E-state index in [-0.39, 0.29) is 46.5 Å². The molecule has 0 aliphatic heterocycles. The van der Waals surface area contributed by atoms with Gasteiger partial charge in [0.1, 0.15) is 46.5 Å². The van der Waals surface area contributed by atoms with Gasteiger partial charge in [-0.1, -0.05) is 50.7 Å². The SMILES string of the molecule is CCCc1ccc(CCc2cc(F)c(C#Cc3cc(F)c(-c4cc(F)c(-c5cc(F)c(C)c(F)c5)c(F)c4)cc3CCC)c(F)c2)c(F)c1. The lowest BCUT2D eigenvalue weighted by atomic mass is 9.93. The minimum atomic E-state index is -1.15. The van der Waals surface area contributed by atoms with Crippen LogP contribution in [-0.4, -0.2) is 0 Å². The number of rotatable bonds is 9. The molecule has 0 aliphatic carbocycles. The van der Waals surface area contributed by atoms with Crippen molar-refractivity contribution in [1.82, 2.24) is 0 Å². The normalized spacial score (nSPS) is 11.1. The Morgan fingerprint density at radius 1 is 0.469 bits per heavy atom. The fourth-order valence-corrected chi connectivity index (χ4v) is 5.76. The highest BCUT2D eigenvalue weighted by Gasteiger charge is 2.20. The summed E-state index contributed by atoms with van der Waals surface area (Å²) in [5.41, 5.74) is 0.111. The van der Waals surface area contributed by atoms with Crippen molar-refractivity contribution in [3.05, 3.63) is 152 Å². The maximum Gasteiger partial charge on any atom is 0.142 e. The van der Waals surface area contributed by atoms with Gasteiger partial charge in [0.2, 0.25) is 0 Å². The second-order valence-electron chi connectivity index (χ2n) is 12.0. The van der Waals surface area contributed by atoms with Crippen LogP contribution in [0.15, 0.2) is 66.7 Å². The van der Waals surface area contributed by atoms with Gasteiger partial charge >= 0.3 is 0 Å². The van der Waals surface area contributed by atoms with Gasteiger partial charge < -0.3 is 0 Å². The zero-order valence-corrected chi connectivity index (χ0v) is 27.1. The van der Waals surface area contributed by atoms with Crippen molar-refractivity contribution in [3.63, 3.8) is 0 Å². The third-order valence-electron chi connectivity index (χ3n) is 8.40. The third-order valence-corrected chi connectivity index (χ3v) is 8.40. The molecule has 0 saturated carbocycles. The summed E-state index contributed by atoms with van der Waals surface area (Å²) in [6.07, 6.45) is 3.01. The van der Waals surface area contributed by atoms with Crippen LogP contribution in [0.1, 0.15) is 65.6 Å². The Morgan fingerprint density at radius 3 is 1.65 bits per heavy atom. The first kappa shape index (κ1) is 35.4. The Bertz CT molecular complexity index is 2030. The van der Waals surface area contributed by atoms with Gasteiger partial charge in [0.15, 0.2) is 0 Å². The molecule has 0 radical (unpaired) electrons. The lowest BCUT2D eigenvalue weighted by Gasteiger charge is -2.13. The predicted octanol–water partition coefficient (Wildman–Crippen LogP) is 11.5. The van der Waals surface area contributed by atoms with Crippen molar-refractivity contribution in [2.45, 2.75) is 59.3 Å². The van der Waals surface area contributed by atoms with Crippen LogP contribution in [0.25, 0.3) is 22.3 Å². The largest absolute Gasteiger partial charge is 0.207 e. The number of benzene rings is 5. The maximum absolute atomic E-state index is 15.5. The van der Waals surface area contributed by atoms with Crippen LogP contribution >= 0.6 is 0 Å². The average molecular weight is 677 g/mol. The molecule has 8 heteroatoms. The van der Waals surface area contributed by atoms with Crippen LogP contribution in [0.4, 0.5) is 35.1 Å². The summed E-state index contributed by atoms with van der Waals surface area (Å²) in [5, 5.41) is 0. The number of hydrogen-bond donors (Lipinski definition) is 0. The third kappa shape index (κ3) is 7.88. The highest BCUT2D eigenvalue weighted by atomic mass is 19.2. The Balaban J connectivity index is 1.42. The number of hydrogen-bond acceptors (Lipinski definition) is 0. The molecule has 5 aromatic rings. The van der Waals surface area contributed by atoms with Gasteiger partial charge in [0.25, 0.3) is 0 Å². The highest BCUT2D eigenvalue weighted by molar-refractivity contribution is 5.73. The van der Waals surface area contributed by atoms with Gasteiger partial charge in [-0.05, 0) is 121 Å². The molecule has 252 valence electrons. The van der Waals surface area contributed by atoms with Crippen LogP contribution in [-0.2, 0) is 25.7 Å². The molecular formula is C41H32F8. The van der Waals surface area contributed by atoms with Crippen LogP contribution in [0, 0.1) is 65.3 Å². The Hall–Kier alpha value is -4.90. The van der Waals surface area contributed by atoms with E-state index < -0.39 is 51.8 Å². The summed E-state index contributed by atoms with van der Waals surface area (Å²) in [5.74, 6) is -2.24. The van der Waals surface area contributed by atoms with Gasteiger partial charge in [-0.3, -0.25) is 0 Å². The minimum absolute atomic E-state index is 0.135. The smallest absolute Gasteiger partial charge is 0.142 e. The fraction of sp³-hybridized carbons (Fsp3) is 0.220. The second kappa shape index (κ2) is 15.1. The topological polar surface area (TPSA) is 0 Å². The van der Waals surface area contributed by atoms with Crippen LogP contribution in [0.5, 0.6) is 0 Å². The quantitative estimate of drug-likeness (QED) is 0.108. The Morgan fingerprint density at radius 2 is 1.06 bits per heavy atom. The molecule has 0 unspecified atom stereocenters. The molecule has 5 aromatic carbocycles. The minimum Gasteiger partial charge on any atom is -0.207 e. The molecule has 0 bridgehead atoms. The van der Waals surface area contributed by atoms with Crippen molar-refractivity contribution >= 4 is 0 Å². The van der Waals surface area contributed by atoms with Crippen LogP contribution in [0.3, 0.4) is 0 Å². The van der Waals surface area contributed by atoms with E-state index in [9.17, 15) is 13.2 Å². The van der Waals surface area contributed by atoms with Crippen molar-refractivity contribution < 1.29 is 35.1 Å². The van der Waals surface area contributed by atoms with Gasteiger partial charge in [-0.25, -0.2) is 35.1 Å². The van der Waals surface area contributed by atoms with Crippen LogP contribution < -0.4 is 0 Å². The molecule has 0 nitrogen and oxygen atoms in total. The van der Waals surface area contributed by atoms with Crippen molar-refractivity contribution in [2.75, 3.05) is 0 Å². The van der Waals surface area contributed by atoms with E-state index in [1.807, 2.05) is 19.9 Å². The van der Waals surface area contributed by atoms with Gasteiger partial charge in [-0.15, -0.1) is 0 Å². The summed E-state index contributed by atoms with van der Waals surface area (Å²) in [6.45, 7) is 5.04. The monoisotopic (exact) mass is 676 g/mol. The Kier molecular flexibility index (Phi) is 10.9. The molecule has 0 saturated heterocycles. The number of halogens is 8. The first-order chi connectivity index (χ1) is 23.4. The number of aryl methyl sites for hydroxylation is 4. The van der Waals surface area contributed by atoms with Crippen molar-refractivity contribution in [2.24, 2.45) is 0 Å². The van der Waals surface area contributed by atoms with Crippen LogP contribution in [0.2, 0.25) is 0 Å². The second-order valence-corrected chi connectivity index (χ2v) is 12.0. The predicted molar refractivity (Wildman–Crippen MR) is 176 cm³/mol. The molecule has 0 heterocycles. The molecule has 0 N–H and O–H groups in total. The van der Waals surface area contributed by atoms with E-state index in [0.29, 0.717) is 29.5 Å². The van der Waals surface area contributed by atoms with E-state index in [0.717, 1.165) is 60.9 Å². The molecule has 0 spiro atoms. The average Bonchev–Trinajstić information content (AvgIpc) is 3.03. The van der Waals surface area contributed by atoms with Gasteiger partial charge in [-0.2, -0.15) is 0 Å². The van der Waals surface area contributed by atoms with E-state index in [1.165, 1.54) is 19.1 Å². The Labute approximate surface area is 280 Å². The summed E-state index contributed by atoms with van der Waals surface area (Å²) in [4.78, 5) is 0. The lowest BCUT2D eigenvalue weighted by molar-refractivity contribution is 0.566. The van der Waals surface area contributed by atoms with E-state index in [1.54, 1.807) is 6.07 Å². The van der Waals surface area contributed by atoms with Gasteiger partial charge in [0.05, 0.1) is 11.1 Å². The van der Waals surface area contributed by atoms with E-state index in [2.05, 4.69) is 11.8 Å².